The fourth-order valence-corrected chi connectivity index (χ4v) is 1.54. The lowest BCUT2D eigenvalue weighted by Gasteiger charge is -2.21. The van der Waals surface area contributed by atoms with Gasteiger partial charge in [-0.15, -0.1) is 11.6 Å². The van der Waals surface area contributed by atoms with Crippen molar-refractivity contribution in [3.8, 4) is 11.5 Å². The van der Waals surface area contributed by atoms with Crippen molar-refractivity contribution in [1.29, 1.82) is 0 Å². The zero-order valence-corrected chi connectivity index (χ0v) is 11.3. The number of ketones is 1. The summed E-state index contributed by atoms with van der Waals surface area (Å²) in [5, 5.41) is 0. The Kier molecular flexibility index (Phi) is 4.40. The van der Waals surface area contributed by atoms with Crippen molar-refractivity contribution in [2.75, 3.05) is 20.1 Å². The van der Waals surface area contributed by atoms with E-state index in [0.29, 0.717) is 17.1 Å². The van der Waals surface area contributed by atoms with Crippen molar-refractivity contribution in [1.82, 2.24) is 0 Å². The minimum Gasteiger partial charge on any atom is -0.497 e. The van der Waals surface area contributed by atoms with Crippen LogP contribution < -0.4 is 9.47 Å². The molecule has 0 fully saturated rings. The molecule has 0 heterocycles. The first kappa shape index (κ1) is 13.8. The molecule has 0 radical (unpaired) electrons. The Morgan fingerprint density at radius 1 is 1.29 bits per heavy atom. The first-order chi connectivity index (χ1) is 7.96. The highest BCUT2D eigenvalue weighted by atomic mass is 35.5. The van der Waals surface area contributed by atoms with Gasteiger partial charge < -0.3 is 9.47 Å². The smallest absolute Gasteiger partial charge is 0.173 e. The maximum atomic E-state index is 12.3. The zero-order valence-electron chi connectivity index (χ0n) is 10.5. The third-order valence-corrected chi connectivity index (χ3v) is 3.27. The topological polar surface area (TPSA) is 35.5 Å². The molecule has 0 saturated carbocycles. The summed E-state index contributed by atoms with van der Waals surface area (Å²) in [6.45, 7) is 3.61. The summed E-state index contributed by atoms with van der Waals surface area (Å²) < 4.78 is 10.3. The van der Waals surface area contributed by atoms with Crippen molar-refractivity contribution in [2.24, 2.45) is 5.41 Å². The van der Waals surface area contributed by atoms with E-state index in [0.717, 1.165) is 0 Å². The van der Waals surface area contributed by atoms with E-state index in [2.05, 4.69) is 0 Å². The van der Waals surface area contributed by atoms with Gasteiger partial charge in [-0.25, -0.2) is 0 Å². The Morgan fingerprint density at radius 3 is 2.41 bits per heavy atom. The summed E-state index contributed by atoms with van der Waals surface area (Å²) in [5.74, 6) is 1.36. The lowest BCUT2D eigenvalue weighted by Crippen LogP contribution is -2.26. The summed E-state index contributed by atoms with van der Waals surface area (Å²) in [4.78, 5) is 12.3. The number of methoxy groups -OCH3 is 2. The van der Waals surface area contributed by atoms with Crippen LogP contribution in [0.15, 0.2) is 18.2 Å². The molecule has 1 rings (SSSR count). The Balaban J connectivity index is 3.23. The molecule has 0 atom stereocenters. The van der Waals surface area contributed by atoms with Crippen molar-refractivity contribution < 1.29 is 14.3 Å². The Bertz CT molecular complexity index is 413. The number of rotatable bonds is 5. The molecule has 0 aliphatic heterocycles. The molecule has 0 aliphatic carbocycles. The second kappa shape index (κ2) is 5.41. The van der Waals surface area contributed by atoms with Crippen LogP contribution in [-0.4, -0.2) is 25.9 Å². The number of benzene rings is 1. The summed E-state index contributed by atoms with van der Waals surface area (Å²) in [5.41, 5.74) is -0.126. The van der Waals surface area contributed by atoms with Gasteiger partial charge in [0.15, 0.2) is 5.78 Å². The number of ether oxygens (including phenoxy) is 2. The van der Waals surface area contributed by atoms with Crippen LogP contribution in [0.5, 0.6) is 11.5 Å². The minimum absolute atomic E-state index is 0.0525. The van der Waals surface area contributed by atoms with E-state index in [1.165, 1.54) is 7.11 Å². The van der Waals surface area contributed by atoms with Crippen molar-refractivity contribution >= 4 is 17.4 Å². The third-order valence-electron chi connectivity index (χ3n) is 2.60. The first-order valence-electron chi connectivity index (χ1n) is 5.29. The second-order valence-corrected chi connectivity index (χ2v) is 4.68. The molecular formula is C13H17ClO3. The van der Waals surface area contributed by atoms with Crippen LogP contribution in [-0.2, 0) is 0 Å². The van der Waals surface area contributed by atoms with Gasteiger partial charge in [0.25, 0.3) is 0 Å². The molecule has 0 aromatic heterocycles. The average Bonchev–Trinajstić information content (AvgIpc) is 2.36. The van der Waals surface area contributed by atoms with Gasteiger partial charge in [0.05, 0.1) is 19.8 Å². The molecule has 94 valence electrons. The zero-order chi connectivity index (χ0) is 13.1. The Hall–Kier alpha value is -1.22. The summed E-state index contributed by atoms with van der Waals surface area (Å²) in [6, 6.07) is 5.15. The largest absolute Gasteiger partial charge is 0.497 e. The van der Waals surface area contributed by atoms with Gasteiger partial charge >= 0.3 is 0 Å². The number of Topliss-reactive ketones (excluding diaryl/α,β-unsaturated/α-hetero) is 1. The van der Waals surface area contributed by atoms with Gasteiger partial charge in [0.1, 0.15) is 11.5 Å². The van der Waals surface area contributed by atoms with Gasteiger partial charge in [0.2, 0.25) is 0 Å². The third kappa shape index (κ3) is 2.91. The molecule has 0 N–H and O–H groups in total. The van der Waals surface area contributed by atoms with Crippen LogP contribution in [0.1, 0.15) is 24.2 Å². The monoisotopic (exact) mass is 256 g/mol. The summed E-state index contributed by atoms with van der Waals surface area (Å²) >= 11 is 5.81. The van der Waals surface area contributed by atoms with Gasteiger partial charge in [-0.2, -0.15) is 0 Å². The van der Waals surface area contributed by atoms with Crippen molar-refractivity contribution in [2.45, 2.75) is 13.8 Å². The lowest BCUT2D eigenvalue weighted by atomic mass is 9.86. The quantitative estimate of drug-likeness (QED) is 0.600. The van der Waals surface area contributed by atoms with Gasteiger partial charge in [-0.1, -0.05) is 13.8 Å². The van der Waals surface area contributed by atoms with E-state index >= 15 is 0 Å². The van der Waals surface area contributed by atoms with E-state index in [4.69, 9.17) is 21.1 Å². The van der Waals surface area contributed by atoms with Gasteiger partial charge in [-0.05, 0) is 18.2 Å². The molecule has 0 spiro atoms. The highest BCUT2D eigenvalue weighted by molar-refractivity contribution is 6.21. The SMILES string of the molecule is COc1ccc(OC)c(C(=O)C(C)(C)CCl)c1. The predicted octanol–water partition coefficient (Wildman–Crippen LogP) is 3.15. The number of carbonyl (C=O) groups excluding carboxylic acids is 1. The second-order valence-electron chi connectivity index (χ2n) is 4.41. The highest BCUT2D eigenvalue weighted by Crippen LogP contribution is 2.31. The van der Waals surface area contributed by atoms with Crippen LogP contribution in [0.2, 0.25) is 0 Å². The average molecular weight is 257 g/mol. The molecule has 0 saturated heterocycles. The molecule has 1 aromatic rings. The molecule has 1 aromatic carbocycles. The van der Waals surface area contributed by atoms with Crippen molar-refractivity contribution in [3.05, 3.63) is 23.8 Å². The molecule has 0 aliphatic rings. The molecule has 17 heavy (non-hydrogen) atoms. The first-order valence-corrected chi connectivity index (χ1v) is 5.82. The van der Waals surface area contributed by atoms with Crippen LogP contribution >= 0.6 is 11.6 Å². The standard InChI is InChI=1S/C13H17ClO3/c1-13(2,8-14)12(15)10-7-9(16-3)5-6-11(10)17-4/h5-7H,8H2,1-4H3. The fraction of sp³-hybridized carbons (Fsp3) is 0.462. The summed E-state index contributed by atoms with van der Waals surface area (Å²) in [7, 11) is 3.09. The van der Waals surface area contributed by atoms with Crippen LogP contribution in [0.25, 0.3) is 0 Å². The normalized spacial score (nSPS) is 11.1. The Morgan fingerprint density at radius 2 is 1.94 bits per heavy atom. The minimum atomic E-state index is -0.624. The van der Waals surface area contributed by atoms with E-state index in [-0.39, 0.29) is 11.7 Å². The highest BCUT2D eigenvalue weighted by Gasteiger charge is 2.30. The lowest BCUT2D eigenvalue weighted by molar-refractivity contribution is 0.0858. The van der Waals surface area contributed by atoms with E-state index in [1.807, 2.05) is 0 Å². The summed E-state index contributed by atoms with van der Waals surface area (Å²) in [6.07, 6.45) is 0. The van der Waals surface area contributed by atoms with E-state index in [1.54, 1.807) is 39.2 Å². The van der Waals surface area contributed by atoms with Gasteiger partial charge in [-0.3, -0.25) is 4.79 Å². The van der Waals surface area contributed by atoms with Crippen LogP contribution in [0.4, 0.5) is 0 Å². The predicted molar refractivity (Wildman–Crippen MR) is 68.4 cm³/mol. The molecule has 3 nitrogen and oxygen atoms in total. The molecule has 4 heteroatoms. The molecular weight excluding hydrogens is 240 g/mol. The maximum Gasteiger partial charge on any atom is 0.173 e. The van der Waals surface area contributed by atoms with E-state index < -0.39 is 5.41 Å². The molecule has 0 amide bonds. The maximum absolute atomic E-state index is 12.3. The van der Waals surface area contributed by atoms with E-state index in [9.17, 15) is 4.79 Å². The molecule has 0 unspecified atom stereocenters. The molecule has 0 bridgehead atoms. The fourth-order valence-electron chi connectivity index (χ4n) is 1.42. The van der Waals surface area contributed by atoms with Gasteiger partial charge in [0, 0.05) is 11.3 Å². The van der Waals surface area contributed by atoms with Crippen LogP contribution in [0.3, 0.4) is 0 Å². The number of alkyl halides is 1. The number of hydrogen-bond acceptors (Lipinski definition) is 3. The van der Waals surface area contributed by atoms with Crippen molar-refractivity contribution in [3.63, 3.8) is 0 Å². The van der Waals surface area contributed by atoms with Crippen LogP contribution in [0, 0.1) is 5.41 Å². The number of carbonyl (C=O) groups is 1. The number of hydrogen-bond donors (Lipinski definition) is 0. The number of halogens is 1. The Labute approximate surface area is 107 Å².